The number of hydrazone groups is 1. The molecule has 0 saturated carbocycles. The van der Waals surface area contributed by atoms with E-state index >= 15 is 0 Å². The normalized spacial score (nSPS) is 11.1. The summed E-state index contributed by atoms with van der Waals surface area (Å²) in [5.74, 6) is 0. The first-order chi connectivity index (χ1) is 8.56. The maximum absolute atomic E-state index is 6.02. The Hall–Kier alpha value is -1.10. The van der Waals surface area contributed by atoms with Crippen LogP contribution in [-0.2, 0) is 0 Å². The number of nitrogens with zero attached hydrogens (tertiary/aromatic N) is 2. The van der Waals surface area contributed by atoms with Crippen LogP contribution in [0.25, 0.3) is 0 Å². The fourth-order valence-corrected chi connectivity index (χ4v) is 2.51. The Balaban J connectivity index is 2.07. The third kappa shape index (κ3) is 3.22. The predicted octanol–water partition coefficient (Wildman–Crippen LogP) is 4.51. The molecule has 94 valence electrons. The van der Waals surface area contributed by atoms with Gasteiger partial charge in [0.1, 0.15) is 0 Å². The second-order valence-corrected chi connectivity index (χ2v) is 5.74. The molecule has 18 heavy (non-hydrogen) atoms. The van der Waals surface area contributed by atoms with Crippen molar-refractivity contribution in [2.45, 2.75) is 13.8 Å². The van der Waals surface area contributed by atoms with Crippen molar-refractivity contribution in [1.82, 2.24) is 4.98 Å². The van der Waals surface area contributed by atoms with Gasteiger partial charge >= 0.3 is 0 Å². The minimum Gasteiger partial charge on any atom is -0.253 e. The standard InChI is InChI=1S/C12H11Cl2N3S/c1-7-8(2)18-12(16-7)17-15-6-9-3-4-10(13)5-11(9)14/h3-6H,1-2H3,(H,16,17)/b15-6+. The molecular weight excluding hydrogens is 289 g/mol. The van der Waals surface area contributed by atoms with Gasteiger partial charge in [-0.2, -0.15) is 5.10 Å². The van der Waals surface area contributed by atoms with Crippen LogP contribution in [0.5, 0.6) is 0 Å². The van der Waals surface area contributed by atoms with E-state index in [-0.39, 0.29) is 0 Å². The third-order valence-corrected chi connectivity index (χ3v) is 3.89. The van der Waals surface area contributed by atoms with E-state index < -0.39 is 0 Å². The lowest BCUT2D eigenvalue weighted by Crippen LogP contribution is -1.90. The number of aryl methyl sites for hydroxylation is 2. The lowest BCUT2D eigenvalue weighted by atomic mass is 10.2. The molecule has 2 rings (SSSR count). The highest BCUT2D eigenvalue weighted by Gasteiger charge is 2.02. The minimum absolute atomic E-state index is 0.569. The quantitative estimate of drug-likeness (QED) is 0.668. The number of hydrogen-bond acceptors (Lipinski definition) is 4. The Morgan fingerprint density at radius 2 is 2.11 bits per heavy atom. The Morgan fingerprint density at radius 1 is 1.33 bits per heavy atom. The molecule has 0 amide bonds. The Morgan fingerprint density at radius 3 is 2.72 bits per heavy atom. The van der Waals surface area contributed by atoms with Crippen molar-refractivity contribution >= 4 is 45.9 Å². The highest BCUT2D eigenvalue weighted by molar-refractivity contribution is 7.15. The van der Waals surface area contributed by atoms with Crippen LogP contribution in [0.2, 0.25) is 10.0 Å². The fourth-order valence-electron chi connectivity index (χ4n) is 1.28. The SMILES string of the molecule is Cc1nc(N/N=C/c2ccc(Cl)cc2Cl)sc1C. The number of rotatable bonds is 3. The Bertz CT molecular complexity index is 574. The second-order valence-electron chi connectivity index (χ2n) is 3.70. The van der Waals surface area contributed by atoms with Crippen LogP contribution in [0, 0.1) is 13.8 Å². The topological polar surface area (TPSA) is 37.3 Å². The van der Waals surface area contributed by atoms with Gasteiger partial charge < -0.3 is 0 Å². The molecule has 1 N–H and O–H groups in total. The number of thiazole rings is 1. The van der Waals surface area contributed by atoms with Crippen LogP contribution in [0.3, 0.4) is 0 Å². The van der Waals surface area contributed by atoms with Crippen LogP contribution >= 0.6 is 34.5 Å². The van der Waals surface area contributed by atoms with Crippen molar-refractivity contribution in [1.29, 1.82) is 0 Å². The molecule has 0 spiro atoms. The molecule has 0 aliphatic carbocycles. The Kier molecular flexibility index (Phi) is 4.22. The molecule has 0 unspecified atom stereocenters. The molecule has 3 nitrogen and oxygen atoms in total. The summed E-state index contributed by atoms with van der Waals surface area (Å²) in [6.07, 6.45) is 1.64. The second kappa shape index (κ2) is 5.69. The molecule has 1 heterocycles. The van der Waals surface area contributed by atoms with Crippen molar-refractivity contribution in [3.63, 3.8) is 0 Å². The lowest BCUT2D eigenvalue weighted by molar-refractivity contribution is 1.20. The minimum atomic E-state index is 0.569. The van der Waals surface area contributed by atoms with Gasteiger partial charge in [0.2, 0.25) is 5.13 Å². The summed E-state index contributed by atoms with van der Waals surface area (Å²) in [7, 11) is 0. The monoisotopic (exact) mass is 299 g/mol. The van der Waals surface area contributed by atoms with Crippen molar-refractivity contribution < 1.29 is 0 Å². The number of halogens is 2. The largest absolute Gasteiger partial charge is 0.253 e. The lowest BCUT2D eigenvalue weighted by Gasteiger charge is -1.98. The third-order valence-electron chi connectivity index (χ3n) is 2.35. The number of aromatic nitrogens is 1. The summed E-state index contributed by atoms with van der Waals surface area (Å²) in [5.41, 5.74) is 4.70. The summed E-state index contributed by atoms with van der Waals surface area (Å²) >= 11 is 13.4. The van der Waals surface area contributed by atoms with Gasteiger partial charge in [-0.05, 0) is 26.0 Å². The van der Waals surface area contributed by atoms with E-state index in [9.17, 15) is 0 Å². The summed E-state index contributed by atoms with van der Waals surface area (Å²) in [5, 5.41) is 6.05. The molecule has 0 aliphatic rings. The van der Waals surface area contributed by atoms with E-state index in [0.29, 0.717) is 10.0 Å². The molecule has 1 aromatic heterocycles. The zero-order chi connectivity index (χ0) is 13.1. The van der Waals surface area contributed by atoms with Gasteiger partial charge in [0.15, 0.2) is 0 Å². The van der Waals surface area contributed by atoms with Gasteiger partial charge in [0.25, 0.3) is 0 Å². The van der Waals surface area contributed by atoms with E-state index in [0.717, 1.165) is 16.4 Å². The number of benzene rings is 1. The van der Waals surface area contributed by atoms with E-state index in [2.05, 4.69) is 15.5 Å². The molecule has 0 fully saturated rings. The number of hydrogen-bond donors (Lipinski definition) is 1. The molecule has 6 heteroatoms. The zero-order valence-corrected chi connectivity index (χ0v) is 12.2. The average Bonchev–Trinajstić information content (AvgIpc) is 2.61. The first-order valence-corrected chi connectivity index (χ1v) is 6.81. The van der Waals surface area contributed by atoms with E-state index in [1.54, 1.807) is 29.7 Å². The summed E-state index contributed by atoms with van der Waals surface area (Å²) in [6.45, 7) is 3.99. The average molecular weight is 300 g/mol. The zero-order valence-electron chi connectivity index (χ0n) is 9.87. The highest BCUT2D eigenvalue weighted by Crippen LogP contribution is 2.22. The van der Waals surface area contributed by atoms with Gasteiger partial charge in [-0.3, -0.25) is 5.43 Å². The molecule has 0 bridgehead atoms. The number of anilines is 1. The van der Waals surface area contributed by atoms with E-state index in [4.69, 9.17) is 23.2 Å². The van der Waals surface area contributed by atoms with Crippen molar-refractivity contribution in [3.8, 4) is 0 Å². The van der Waals surface area contributed by atoms with Crippen LogP contribution in [0.4, 0.5) is 5.13 Å². The smallest absolute Gasteiger partial charge is 0.203 e. The summed E-state index contributed by atoms with van der Waals surface area (Å²) in [4.78, 5) is 5.50. The highest BCUT2D eigenvalue weighted by atomic mass is 35.5. The predicted molar refractivity (Wildman–Crippen MR) is 79.3 cm³/mol. The van der Waals surface area contributed by atoms with Crippen LogP contribution in [0.1, 0.15) is 16.1 Å². The molecule has 0 saturated heterocycles. The molecule has 0 atom stereocenters. The maximum Gasteiger partial charge on any atom is 0.203 e. The first kappa shape index (κ1) is 13.3. The van der Waals surface area contributed by atoms with Gasteiger partial charge in [-0.1, -0.05) is 29.3 Å². The molecular formula is C12H11Cl2N3S. The van der Waals surface area contributed by atoms with Crippen molar-refractivity contribution in [3.05, 3.63) is 44.4 Å². The van der Waals surface area contributed by atoms with E-state index in [1.165, 1.54) is 4.88 Å². The molecule has 0 aliphatic heterocycles. The van der Waals surface area contributed by atoms with Crippen molar-refractivity contribution in [2.75, 3.05) is 5.43 Å². The fraction of sp³-hybridized carbons (Fsp3) is 0.167. The molecule has 2 aromatic rings. The summed E-state index contributed by atoms with van der Waals surface area (Å²) in [6, 6.07) is 5.27. The van der Waals surface area contributed by atoms with E-state index in [1.807, 2.05) is 19.9 Å². The van der Waals surface area contributed by atoms with Gasteiger partial charge in [-0.25, -0.2) is 4.98 Å². The first-order valence-electron chi connectivity index (χ1n) is 5.24. The Labute approximate surface area is 119 Å². The maximum atomic E-state index is 6.02. The number of nitrogens with one attached hydrogen (secondary N) is 1. The van der Waals surface area contributed by atoms with Crippen LogP contribution in [0.15, 0.2) is 23.3 Å². The molecule has 0 radical (unpaired) electrons. The van der Waals surface area contributed by atoms with Crippen LogP contribution in [-0.4, -0.2) is 11.2 Å². The molecule has 1 aromatic carbocycles. The van der Waals surface area contributed by atoms with Crippen LogP contribution < -0.4 is 5.43 Å². The van der Waals surface area contributed by atoms with Crippen molar-refractivity contribution in [2.24, 2.45) is 5.10 Å². The summed E-state index contributed by atoms with van der Waals surface area (Å²) < 4.78 is 0. The van der Waals surface area contributed by atoms with Gasteiger partial charge in [0, 0.05) is 15.5 Å². The van der Waals surface area contributed by atoms with Gasteiger partial charge in [0.05, 0.1) is 16.9 Å². The van der Waals surface area contributed by atoms with Gasteiger partial charge in [-0.15, -0.1) is 11.3 Å².